The third-order valence-electron chi connectivity index (χ3n) is 5.12. The summed E-state index contributed by atoms with van der Waals surface area (Å²) in [4.78, 5) is 14.9. The lowest BCUT2D eigenvalue weighted by molar-refractivity contribution is 0.131. The van der Waals surface area contributed by atoms with Gasteiger partial charge in [-0.1, -0.05) is 20.3 Å². The standard InChI is InChI=1S/C20H26FN5/c1-14(2)11-26-13-22-10-16(26)12-25-8-4-3-5-19(25)20-23-17-7-6-15(21)9-18(17)24-20/h6-7,9-10,13-14,19H,3-5,8,11-12H2,1-2H3,(H,23,24). The number of halogens is 1. The highest BCUT2D eigenvalue weighted by Gasteiger charge is 2.27. The number of nitrogens with one attached hydrogen (secondary N) is 1. The Bertz CT molecular complexity index is 881. The minimum atomic E-state index is -0.231. The van der Waals surface area contributed by atoms with Crippen LogP contribution in [-0.2, 0) is 13.1 Å². The van der Waals surface area contributed by atoms with Crippen LogP contribution in [0.25, 0.3) is 11.0 Å². The van der Waals surface area contributed by atoms with Gasteiger partial charge in [0, 0.05) is 19.3 Å². The molecule has 4 rings (SSSR count). The average molecular weight is 355 g/mol. The predicted octanol–water partition coefficient (Wildman–Crippen LogP) is 4.28. The van der Waals surface area contributed by atoms with E-state index in [4.69, 9.17) is 4.98 Å². The van der Waals surface area contributed by atoms with E-state index in [1.54, 1.807) is 6.07 Å². The van der Waals surface area contributed by atoms with Crippen LogP contribution in [0.4, 0.5) is 4.39 Å². The number of piperidine rings is 1. The first-order chi connectivity index (χ1) is 12.6. The first kappa shape index (κ1) is 17.2. The van der Waals surface area contributed by atoms with Gasteiger partial charge in [0.2, 0.25) is 0 Å². The Hall–Kier alpha value is -2.21. The quantitative estimate of drug-likeness (QED) is 0.743. The van der Waals surface area contributed by atoms with Crippen LogP contribution in [0.2, 0.25) is 0 Å². The van der Waals surface area contributed by atoms with E-state index in [2.05, 4.69) is 33.3 Å². The van der Waals surface area contributed by atoms with Crippen molar-refractivity contribution in [3.05, 3.63) is 48.1 Å². The summed E-state index contributed by atoms with van der Waals surface area (Å²) in [6, 6.07) is 4.98. The van der Waals surface area contributed by atoms with E-state index in [1.165, 1.54) is 30.7 Å². The molecule has 26 heavy (non-hydrogen) atoms. The molecule has 1 saturated heterocycles. The zero-order chi connectivity index (χ0) is 18.1. The minimum absolute atomic E-state index is 0.231. The van der Waals surface area contributed by atoms with Crippen molar-refractivity contribution in [1.29, 1.82) is 0 Å². The zero-order valence-electron chi connectivity index (χ0n) is 15.5. The van der Waals surface area contributed by atoms with Gasteiger partial charge in [-0.25, -0.2) is 14.4 Å². The Labute approximate surface area is 153 Å². The Kier molecular flexibility index (Phi) is 4.76. The number of hydrogen-bond acceptors (Lipinski definition) is 3. The molecule has 0 saturated carbocycles. The summed E-state index contributed by atoms with van der Waals surface area (Å²) in [6.45, 7) is 7.34. The van der Waals surface area contributed by atoms with Gasteiger partial charge in [-0.3, -0.25) is 4.90 Å². The van der Waals surface area contributed by atoms with E-state index >= 15 is 0 Å². The molecular formula is C20H26FN5. The van der Waals surface area contributed by atoms with Crippen LogP contribution >= 0.6 is 0 Å². The smallest absolute Gasteiger partial charge is 0.125 e. The van der Waals surface area contributed by atoms with Crippen LogP contribution in [0.15, 0.2) is 30.7 Å². The number of likely N-dealkylation sites (tertiary alicyclic amines) is 1. The first-order valence-electron chi connectivity index (χ1n) is 9.48. The summed E-state index contributed by atoms with van der Waals surface area (Å²) in [6.07, 6.45) is 7.36. The summed E-state index contributed by atoms with van der Waals surface area (Å²) in [5.74, 6) is 1.30. The summed E-state index contributed by atoms with van der Waals surface area (Å²) < 4.78 is 15.8. The molecule has 0 radical (unpaired) electrons. The second-order valence-electron chi connectivity index (χ2n) is 7.70. The van der Waals surface area contributed by atoms with Crippen LogP contribution in [0, 0.1) is 11.7 Å². The highest BCUT2D eigenvalue weighted by atomic mass is 19.1. The highest BCUT2D eigenvalue weighted by molar-refractivity contribution is 5.75. The molecular weight excluding hydrogens is 329 g/mol. The monoisotopic (exact) mass is 355 g/mol. The van der Waals surface area contributed by atoms with Crippen LogP contribution in [0.3, 0.4) is 0 Å². The van der Waals surface area contributed by atoms with Gasteiger partial charge in [0.25, 0.3) is 0 Å². The van der Waals surface area contributed by atoms with E-state index in [-0.39, 0.29) is 11.9 Å². The van der Waals surface area contributed by atoms with Crippen LogP contribution in [0.5, 0.6) is 0 Å². The topological polar surface area (TPSA) is 49.7 Å². The fraction of sp³-hybridized carbons (Fsp3) is 0.500. The third kappa shape index (κ3) is 3.51. The van der Waals surface area contributed by atoms with Crippen molar-refractivity contribution in [2.75, 3.05) is 6.54 Å². The second-order valence-corrected chi connectivity index (χ2v) is 7.70. The molecule has 1 aromatic carbocycles. The normalized spacial score (nSPS) is 18.8. The Balaban J connectivity index is 1.59. The highest BCUT2D eigenvalue weighted by Crippen LogP contribution is 2.31. The van der Waals surface area contributed by atoms with Crippen LogP contribution in [0.1, 0.15) is 50.7 Å². The van der Waals surface area contributed by atoms with E-state index in [0.717, 1.165) is 42.9 Å². The Morgan fingerprint density at radius 3 is 3.04 bits per heavy atom. The molecule has 1 N–H and O–H groups in total. The molecule has 0 aliphatic carbocycles. The van der Waals surface area contributed by atoms with Crippen LogP contribution < -0.4 is 0 Å². The maximum Gasteiger partial charge on any atom is 0.125 e. The van der Waals surface area contributed by atoms with Crippen molar-refractivity contribution in [2.24, 2.45) is 5.92 Å². The molecule has 0 bridgehead atoms. The number of imidazole rings is 2. The summed E-state index contributed by atoms with van der Waals surface area (Å²) in [7, 11) is 0. The van der Waals surface area contributed by atoms with Gasteiger partial charge in [0.1, 0.15) is 11.6 Å². The van der Waals surface area contributed by atoms with Gasteiger partial charge in [-0.05, 0) is 43.5 Å². The van der Waals surface area contributed by atoms with E-state index in [9.17, 15) is 4.39 Å². The van der Waals surface area contributed by atoms with Gasteiger partial charge < -0.3 is 9.55 Å². The lowest BCUT2D eigenvalue weighted by atomic mass is 10.0. The number of aromatic amines is 1. The lowest BCUT2D eigenvalue weighted by Crippen LogP contribution is -2.34. The SMILES string of the molecule is CC(C)Cn1cncc1CN1CCCCC1c1nc2ccc(F)cc2[nH]1. The molecule has 1 aliphatic rings. The number of H-pyrrole nitrogens is 1. The molecule has 3 aromatic rings. The van der Waals surface area contributed by atoms with E-state index in [0.29, 0.717) is 5.92 Å². The summed E-state index contributed by atoms with van der Waals surface area (Å²) in [5, 5.41) is 0. The van der Waals surface area contributed by atoms with Gasteiger partial charge in [-0.2, -0.15) is 0 Å². The lowest BCUT2D eigenvalue weighted by Gasteiger charge is -2.34. The Morgan fingerprint density at radius 1 is 1.31 bits per heavy atom. The van der Waals surface area contributed by atoms with Gasteiger partial charge in [-0.15, -0.1) is 0 Å². The molecule has 1 aliphatic heterocycles. The number of hydrogen-bond donors (Lipinski definition) is 1. The molecule has 5 nitrogen and oxygen atoms in total. The number of rotatable bonds is 5. The maximum atomic E-state index is 13.5. The number of nitrogens with zero attached hydrogens (tertiary/aromatic N) is 4. The number of fused-ring (bicyclic) bond motifs is 1. The van der Waals surface area contributed by atoms with Crippen LogP contribution in [-0.4, -0.2) is 31.0 Å². The van der Waals surface area contributed by atoms with Crippen molar-refractivity contribution < 1.29 is 4.39 Å². The number of benzene rings is 1. The minimum Gasteiger partial charge on any atom is -0.341 e. The molecule has 138 valence electrons. The second kappa shape index (κ2) is 7.19. The van der Waals surface area contributed by atoms with E-state index in [1.807, 2.05) is 12.5 Å². The predicted molar refractivity (Wildman–Crippen MR) is 100 cm³/mol. The maximum absolute atomic E-state index is 13.5. The van der Waals surface area contributed by atoms with Gasteiger partial charge in [0.15, 0.2) is 0 Å². The summed E-state index contributed by atoms with van der Waals surface area (Å²) >= 11 is 0. The molecule has 3 heterocycles. The van der Waals surface area contributed by atoms with Gasteiger partial charge in [0.05, 0.1) is 29.1 Å². The van der Waals surface area contributed by atoms with Crippen molar-refractivity contribution in [3.63, 3.8) is 0 Å². The van der Waals surface area contributed by atoms with Crippen molar-refractivity contribution in [3.8, 4) is 0 Å². The average Bonchev–Trinajstić information content (AvgIpc) is 3.21. The van der Waals surface area contributed by atoms with Crippen molar-refractivity contribution in [2.45, 2.75) is 52.2 Å². The Morgan fingerprint density at radius 2 is 2.19 bits per heavy atom. The fourth-order valence-corrected chi connectivity index (χ4v) is 3.89. The first-order valence-corrected chi connectivity index (χ1v) is 9.48. The third-order valence-corrected chi connectivity index (χ3v) is 5.12. The largest absolute Gasteiger partial charge is 0.341 e. The number of aromatic nitrogens is 4. The zero-order valence-corrected chi connectivity index (χ0v) is 15.5. The van der Waals surface area contributed by atoms with E-state index < -0.39 is 0 Å². The molecule has 6 heteroatoms. The van der Waals surface area contributed by atoms with Crippen molar-refractivity contribution >= 4 is 11.0 Å². The van der Waals surface area contributed by atoms with Crippen molar-refractivity contribution in [1.82, 2.24) is 24.4 Å². The molecule has 0 spiro atoms. The molecule has 2 aromatic heterocycles. The fourth-order valence-electron chi connectivity index (χ4n) is 3.89. The molecule has 1 unspecified atom stereocenters. The molecule has 1 atom stereocenters. The molecule has 0 amide bonds. The summed E-state index contributed by atoms with van der Waals surface area (Å²) in [5.41, 5.74) is 2.85. The molecule has 1 fully saturated rings. The van der Waals surface area contributed by atoms with Gasteiger partial charge >= 0.3 is 0 Å².